The summed E-state index contributed by atoms with van der Waals surface area (Å²) in [6.45, 7) is 3.79. The SMILES string of the molecule is CC=N/C(=C\C=C/C)c1cc(N=CN(C)C)c(C(=O)OC)s1. The summed E-state index contributed by atoms with van der Waals surface area (Å²) >= 11 is 1.32. The van der Waals surface area contributed by atoms with Crippen LogP contribution in [0.5, 0.6) is 0 Å². The number of hydrogen-bond acceptors (Lipinski definition) is 5. The Labute approximate surface area is 135 Å². The normalized spacial score (nSPS) is 12.7. The van der Waals surface area contributed by atoms with E-state index in [2.05, 4.69) is 9.98 Å². The summed E-state index contributed by atoms with van der Waals surface area (Å²) in [6.07, 6.45) is 9.09. The van der Waals surface area contributed by atoms with E-state index in [0.717, 1.165) is 10.6 Å². The fourth-order valence-corrected chi connectivity index (χ4v) is 2.53. The maximum atomic E-state index is 11.9. The van der Waals surface area contributed by atoms with Crippen molar-refractivity contribution in [2.75, 3.05) is 21.2 Å². The number of methoxy groups -OCH3 is 1. The summed E-state index contributed by atoms with van der Waals surface area (Å²) in [5.74, 6) is -0.395. The first kappa shape index (κ1) is 17.8. The molecule has 0 unspecified atom stereocenters. The van der Waals surface area contributed by atoms with Crippen molar-refractivity contribution in [1.82, 2.24) is 4.90 Å². The summed E-state index contributed by atoms with van der Waals surface area (Å²) in [6, 6.07) is 1.85. The number of hydrogen-bond donors (Lipinski definition) is 0. The van der Waals surface area contributed by atoms with Gasteiger partial charge in [0.05, 0.1) is 29.7 Å². The molecule has 0 radical (unpaired) electrons. The molecule has 0 aliphatic carbocycles. The van der Waals surface area contributed by atoms with Crippen molar-refractivity contribution in [3.05, 3.63) is 34.0 Å². The van der Waals surface area contributed by atoms with Crippen LogP contribution in [-0.4, -0.2) is 44.6 Å². The number of esters is 1. The molecule has 0 aliphatic heterocycles. The Balaban J connectivity index is 3.35. The Kier molecular flexibility index (Phi) is 7.25. The van der Waals surface area contributed by atoms with Crippen molar-refractivity contribution in [3.63, 3.8) is 0 Å². The van der Waals surface area contributed by atoms with Crippen LogP contribution >= 0.6 is 11.3 Å². The van der Waals surface area contributed by atoms with Gasteiger partial charge >= 0.3 is 5.97 Å². The molecule has 6 heteroatoms. The molecule has 0 N–H and O–H groups in total. The number of aliphatic imine (C=N–C) groups is 2. The highest BCUT2D eigenvalue weighted by Crippen LogP contribution is 2.34. The lowest BCUT2D eigenvalue weighted by Gasteiger charge is -2.02. The van der Waals surface area contributed by atoms with E-state index in [4.69, 9.17) is 4.74 Å². The van der Waals surface area contributed by atoms with Gasteiger partial charge in [0.25, 0.3) is 0 Å². The molecular weight excluding hydrogens is 298 g/mol. The van der Waals surface area contributed by atoms with Crippen LogP contribution in [0.1, 0.15) is 28.4 Å². The molecule has 0 spiro atoms. The Bertz CT molecular complexity index is 625. The van der Waals surface area contributed by atoms with Crippen molar-refractivity contribution in [1.29, 1.82) is 0 Å². The van der Waals surface area contributed by atoms with Gasteiger partial charge in [-0.3, -0.25) is 4.99 Å². The molecule has 1 rings (SSSR count). The molecule has 1 heterocycles. The number of carbonyl (C=O) groups is 1. The van der Waals surface area contributed by atoms with E-state index in [1.807, 2.05) is 52.2 Å². The zero-order valence-corrected chi connectivity index (χ0v) is 14.3. The lowest BCUT2D eigenvalue weighted by Crippen LogP contribution is -2.07. The first-order valence-electron chi connectivity index (χ1n) is 6.78. The highest BCUT2D eigenvalue weighted by Gasteiger charge is 2.18. The summed E-state index contributed by atoms with van der Waals surface area (Å²) in [5.41, 5.74) is 1.36. The summed E-state index contributed by atoms with van der Waals surface area (Å²) in [5, 5.41) is 0. The Hall–Kier alpha value is -2.21. The number of thiophene rings is 1. The van der Waals surface area contributed by atoms with E-state index in [9.17, 15) is 4.79 Å². The minimum Gasteiger partial charge on any atom is -0.465 e. The third-order valence-electron chi connectivity index (χ3n) is 2.48. The molecule has 0 bridgehead atoms. The van der Waals surface area contributed by atoms with Crippen molar-refractivity contribution >= 4 is 41.2 Å². The van der Waals surface area contributed by atoms with E-state index < -0.39 is 5.97 Å². The molecule has 0 atom stereocenters. The lowest BCUT2D eigenvalue weighted by molar-refractivity contribution is 0.0607. The second-order valence-corrected chi connectivity index (χ2v) is 5.54. The summed E-state index contributed by atoms with van der Waals surface area (Å²) in [4.78, 5) is 23.7. The fraction of sp³-hybridized carbons (Fsp3) is 0.312. The van der Waals surface area contributed by atoms with E-state index in [1.54, 1.807) is 17.5 Å². The maximum absolute atomic E-state index is 11.9. The van der Waals surface area contributed by atoms with Crippen molar-refractivity contribution < 1.29 is 9.53 Å². The number of rotatable bonds is 6. The molecule has 1 aromatic rings. The van der Waals surface area contributed by atoms with Gasteiger partial charge in [-0.05, 0) is 26.0 Å². The van der Waals surface area contributed by atoms with Gasteiger partial charge in [0.1, 0.15) is 4.88 Å². The van der Waals surface area contributed by atoms with Crippen molar-refractivity contribution in [2.45, 2.75) is 13.8 Å². The summed E-state index contributed by atoms with van der Waals surface area (Å²) < 4.78 is 4.83. The smallest absolute Gasteiger partial charge is 0.350 e. The average Bonchev–Trinajstić information content (AvgIpc) is 2.92. The molecule has 0 aromatic carbocycles. The van der Waals surface area contributed by atoms with Crippen molar-refractivity contribution in [2.24, 2.45) is 9.98 Å². The second kappa shape index (κ2) is 8.94. The topological polar surface area (TPSA) is 54.3 Å². The summed E-state index contributed by atoms with van der Waals surface area (Å²) in [7, 11) is 5.10. The first-order valence-corrected chi connectivity index (χ1v) is 7.59. The average molecular weight is 319 g/mol. The maximum Gasteiger partial charge on any atom is 0.350 e. The minimum atomic E-state index is -0.395. The predicted molar refractivity (Wildman–Crippen MR) is 94.5 cm³/mol. The molecule has 0 saturated heterocycles. The molecule has 0 fully saturated rings. The molecule has 22 heavy (non-hydrogen) atoms. The molecule has 1 aromatic heterocycles. The third kappa shape index (κ3) is 4.96. The van der Waals surface area contributed by atoms with Gasteiger partial charge in [-0.1, -0.05) is 12.2 Å². The molecule has 0 saturated carbocycles. The van der Waals surface area contributed by atoms with E-state index in [1.165, 1.54) is 18.4 Å². The standard InChI is InChI=1S/C16H21N3O2S/c1-6-8-9-12(17-7-2)14-10-13(18-11-19(3)4)15(22-14)16(20)21-5/h6-11H,1-5H3/b8-6-,12-9-,17-7?,18-11?. The van der Waals surface area contributed by atoms with Crippen LogP contribution in [0.15, 0.2) is 34.3 Å². The zero-order chi connectivity index (χ0) is 16.5. The fourth-order valence-electron chi connectivity index (χ4n) is 1.54. The third-order valence-corrected chi connectivity index (χ3v) is 3.61. The van der Waals surface area contributed by atoms with E-state index >= 15 is 0 Å². The monoisotopic (exact) mass is 319 g/mol. The van der Waals surface area contributed by atoms with Gasteiger partial charge in [-0.15, -0.1) is 11.3 Å². The molecule has 0 amide bonds. The van der Waals surface area contributed by atoms with Gasteiger partial charge in [-0.2, -0.15) is 0 Å². The van der Waals surface area contributed by atoms with Crippen LogP contribution in [-0.2, 0) is 4.74 Å². The van der Waals surface area contributed by atoms with Gasteiger partial charge < -0.3 is 9.64 Å². The quantitative estimate of drug-likeness (QED) is 0.347. The largest absolute Gasteiger partial charge is 0.465 e. The van der Waals surface area contributed by atoms with Crippen molar-refractivity contribution in [3.8, 4) is 0 Å². The highest BCUT2D eigenvalue weighted by molar-refractivity contribution is 7.15. The first-order chi connectivity index (χ1) is 10.5. The Morgan fingerprint density at radius 2 is 2.09 bits per heavy atom. The highest BCUT2D eigenvalue weighted by atomic mass is 32.1. The predicted octanol–water partition coefficient (Wildman–Crippen LogP) is 3.76. The zero-order valence-electron chi connectivity index (χ0n) is 13.5. The Morgan fingerprint density at radius 1 is 1.36 bits per heavy atom. The van der Waals surface area contributed by atoms with Gasteiger partial charge in [0.15, 0.2) is 0 Å². The van der Waals surface area contributed by atoms with Crippen LogP contribution in [0.25, 0.3) is 5.70 Å². The molecule has 5 nitrogen and oxygen atoms in total. The number of nitrogens with zero attached hydrogens (tertiary/aromatic N) is 3. The number of ether oxygens (including phenoxy) is 1. The van der Waals surface area contributed by atoms with Gasteiger partial charge in [-0.25, -0.2) is 9.79 Å². The molecular formula is C16H21N3O2S. The van der Waals surface area contributed by atoms with Gasteiger partial charge in [0, 0.05) is 20.3 Å². The van der Waals surface area contributed by atoms with Crippen LogP contribution < -0.4 is 0 Å². The van der Waals surface area contributed by atoms with Crippen LogP contribution in [0.4, 0.5) is 5.69 Å². The van der Waals surface area contributed by atoms with Crippen LogP contribution in [0, 0.1) is 0 Å². The lowest BCUT2D eigenvalue weighted by atomic mass is 10.3. The number of allylic oxidation sites excluding steroid dienone is 3. The minimum absolute atomic E-state index is 0.395. The molecule has 118 valence electrons. The van der Waals surface area contributed by atoms with E-state index in [-0.39, 0.29) is 0 Å². The van der Waals surface area contributed by atoms with Crippen LogP contribution in [0.2, 0.25) is 0 Å². The van der Waals surface area contributed by atoms with Gasteiger partial charge in [0.2, 0.25) is 0 Å². The second-order valence-electron chi connectivity index (χ2n) is 4.49. The van der Waals surface area contributed by atoms with E-state index in [0.29, 0.717) is 10.6 Å². The number of carbonyl (C=O) groups excluding carboxylic acids is 1. The molecule has 0 aliphatic rings. The Morgan fingerprint density at radius 3 is 2.64 bits per heavy atom. The van der Waals surface area contributed by atoms with Crippen LogP contribution in [0.3, 0.4) is 0 Å².